The minimum atomic E-state index is -1.00. The fourth-order valence-electron chi connectivity index (χ4n) is 1.77. The highest BCUT2D eigenvalue weighted by molar-refractivity contribution is 6.04. The Labute approximate surface area is 118 Å². The average molecular weight is 295 g/mol. The van der Waals surface area contributed by atoms with Crippen LogP contribution in [0.5, 0.6) is 0 Å². The van der Waals surface area contributed by atoms with Crippen molar-refractivity contribution in [3.63, 3.8) is 0 Å². The van der Waals surface area contributed by atoms with Gasteiger partial charge in [0.2, 0.25) is 0 Å². The lowest BCUT2D eigenvalue weighted by molar-refractivity contribution is 0.102. The normalized spacial score (nSPS) is 10.3. The van der Waals surface area contributed by atoms with Gasteiger partial charge in [0.1, 0.15) is 11.5 Å². The first-order valence-electron chi connectivity index (χ1n) is 5.95. The Morgan fingerprint density at radius 1 is 1.10 bits per heavy atom. The van der Waals surface area contributed by atoms with E-state index in [1.807, 2.05) is 5.43 Å². The third-order valence-electron chi connectivity index (χ3n) is 2.90. The molecule has 0 radical (unpaired) electrons. The lowest BCUT2D eigenvalue weighted by Gasteiger charge is -2.10. The first-order chi connectivity index (χ1) is 9.92. The molecule has 0 bridgehead atoms. The van der Waals surface area contributed by atoms with E-state index in [2.05, 4.69) is 5.32 Å². The molecule has 0 atom stereocenters. The predicted octanol–water partition coefficient (Wildman–Crippen LogP) is 2.95. The van der Waals surface area contributed by atoms with E-state index in [1.54, 1.807) is 6.92 Å². The first kappa shape index (κ1) is 14.9. The molecule has 0 fully saturated rings. The van der Waals surface area contributed by atoms with Gasteiger partial charge in [0.05, 0.1) is 0 Å². The number of carbonyl (C=O) groups is 1. The molecular weight excluding hydrogens is 283 g/mol. The van der Waals surface area contributed by atoms with E-state index in [9.17, 15) is 18.0 Å². The number of nitrogens with two attached hydrogens (primary N) is 1. The molecule has 7 heteroatoms. The third-order valence-corrected chi connectivity index (χ3v) is 2.90. The SMILES string of the molecule is Cc1ccc(F)cc1NC(=O)c1cc(F)c(NN)c(F)c1. The van der Waals surface area contributed by atoms with Crippen LogP contribution in [-0.4, -0.2) is 5.91 Å². The number of hydrogen-bond donors (Lipinski definition) is 3. The summed E-state index contributed by atoms with van der Waals surface area (Å²) < 4.78 is 40.2. The molecule has 2 aromatic carbocycles. The zero-order valence-corrected chi connectivity index (χ0v) is 11.0. The molecule has 0 aliphatic heterocycles. The highest BCUT2D eigenvalue weighted by Crippen LogP contribution is 2.21. The zero-order chi connectivity index (χ0) is 15.6. The number of rotatable bonds is 3. The number of halogens is 3. The Balaban J connectivity index is 2.31. The molecule has 0 saturated carbocycles. The molecule has 0 heterocycles. The van der Waals surface area contributed by atoms with Crippen LogP contribution in [0.25, 0.3) is 0 Å². The molecule has 4 nitrogen and oxygen atoms in total. The van der Waals surface area contributed by atoms with Gasteiger partial charge in [-0.3, -0.25) is 10.6 Å². The number of anilines is 2. The minimum Gasteiger partial charge on any atom is -0.322 e. The van der Waals surface area contributed by atoms with E-state index in [0.717, 1.165) is 18.2 Å². The van der Waals surface area contributed by atoms with Crippen LogP contribution in [0.3, 0.4) is 0 Å². The van der Waals surface area contributed by atoms with Crippen molar-refractivity contribution in [2.24, 2.45) is 5.84 Å². The standard InChI is InChI=1S/C14H12F3N3O/c1-7-2-3-9(15)6-12(7)19-14(21)8-4-10(16)13(20-18)11(17)5-8/h2-6,20H,18H2,1H3,(H,19,21). The monoisotopic (exact) mass is 295 g/mol. The highest BCUT2D eigenvalue weighted by Gasteiger charge is 2.15. The van der Waals surface area contributed by atoms with Crippen LogP contribution in [0.15, 0.2) is 30.3 Å². The van der Waals surface area contributed by atoms with Crippen molar-refractivity contribution in [3.05, 3.63) is 58.9 Å². The van der Waals surface area contributed by atoms with Gasteiger partial charge in [-0.2, -0.15) is 0 Å². The van der Waals surface area contributed by atoms with Gasteiger partial charge in [-0.05, 0) is 36.8 Å². The van der Waals surface area contributed by atoms with Crippen molar-refractivity contribution < 1.29 is 18.0 Å². The zero-order valence-electron chi connectivity index (χ0n) is 11.0. The second-order valence-corrected chi connectivity index (χ2v) is 4.37. The third kappa shape index (κ3) is 3.14. The Hall–Kier alpha value is -2.54. The van der Waals surface area contributed by atoms with Crippen LogP contribution in [0.4, 0.5) is 24.5 Å². The number of benzene rings is 2. The van der Waals surface area contributed by atoms with E-state index in [-0.39, 0.29) is 11.3 Å². The fourth-order valence-corrected chi connectivity index (χ4v) is 1.77. The van der Waals surface area contributed by atoms with Crippen molar-refractivity contribution >= 4 is 17.3 Å². The molecule has 110 valence electrons. The fraction of sp³-hybridized carbons (Fsp3) is 0.0714. The highest BCUT2D eigenvalue weighted by atomic mass is 19.1. The molecule has 1 amide bonds. The summed E-state index contributed by atoms with van der Waals surface area (Å²) >= 11 is 0. The van der Waals surface area contributed by atoms with Crippen LogP contribution in [0.1, 0.15) is 15.9 Å². The average Bonchev–Trinajstić information content (AvgIpc) is 2.42. The molecule has 4 N–H and O–H groups in total. The maximum absolute atomic E-state index is 13.5. The van der Waals surface area contributed by atoms with E-state index in [4.69, 9.17) is 5.84 Å². The van der Waals surface area contributed by atoms with Crippen LogP contribution >= 0.6 is 0 Å². The van der Waals surface area contributed by atoms with Crippen molar-refractivity contribution in [1.29, 1.82) is 0 Å². The predicted molar refractivity (Wildman–Crippen MR) is 73.3 cm³/mol. The van der Waals surface area contributed by atoms with E-state index >= 15 is 0 Å². The summed E-state index contributed by atoms with van der Waals surface area (Å²) in [6.45, 7) is 1.66. The van der Waals surface area contributed by atoms with Crippen LogP contribution in [-0.2, 0) is 0 Å². The Bertz CT molecular complexity index is 681. The van der Waals surface area contributed by atoms with Crippen LogP contribution in [0.2, 0.25) is 0 Å². The lowest BCUT2D eigenvalue weighted by atomic mass is 10.1. The van der Waals surface area contributed by atoms with Crippen molar-refractivity contribution in [3.8, 4) is 0 Å². The van der Waals surface area contributed by atoms with Crippen LogP contribution in [0, 0.1) is 24.4 Å². The molecule has 0 saturated heterocycles. The smallest absolute Gasteiger partial charge is 0.255 e. The summed E-state index contributed by atoms with van der Waals surface area (Å²) in [4.78, 5) is 12.0. The molecule has 0 spiro atoms. The summed E-state index contributed by atoms with van der Waals surface area (Å²) in [5, 5.41) is 2.40. The number of aryl methyl sites for hydroxylation is 1. The second-order valence-electron chi connectivity index (χ2n) is 4.37. The number of hydrazine groups is 1. The summed E-state index contributed by atoms with van der Waals surface area (Å²) in [6, 6.07) is 5.51. The largest absolute Gasteiger partial charge is 0.322 e. The first-order valence-corrected chi connectivity index (χ1v) is 5.95. The molecule has 2 rings (SSSR count). The van der Waals surface area contributed by atoms with Gasteiger partial charge < -0.3 is 10.7 Å². The summed E-state index contributed by atoms with van der Waals surface area (Å²) in [5.74, 6) is 1.67. The van der Waals surface area contributed by atoms with E-state index in [1.165, 1.54) is 12.1 Å². The van der Waals surface area contributed by atoms with Crippen molar-refractivity contribution in [2.45, 2.75) is 6.92 Å². The minimum absolute atomic E-state index is 0.224. The lowest BCUT2D eigenvalue weighted by Crippen LogP contribution is -2.16. The van der Waals surface area contributed by atoms with Gasteiger partial charge in [0.15, 0.2) is 11.6 Å². The molecule has 0 unspecified atom stereocenters. The van der Waals surface area contributed by atoms with Gasteiger partial charge >= 0.3 is 0 Å². The molecule has 0 aliphatic rings. The Kier molecular flexibility index (Phi) is 4.13. The number of nitrogens with one attached hydrogen (secondary N) is 2. The van der Waals surface area contributed by atoms with Gasteiger partial charge in [0.25, 0.3) is 5.91 Å². The molecule has 0 aliphatic carbocycles. The number of carbonyl (C=O) groups excluding carboxylic acids is 1. The second kappa shape index (κ2) is 5.84. The van der Waals surface area contributed by atoms with Gasteiger partial charge in [-0.25, -0.2) is 13.2 Å². The Morgan fingerprint density at radius 2 is 1.71 bits per heavy atom. The number of hydrogen-bond acceptors (Lipinski definition) is 3. The molecular formula is C14H12F3N3O. The molecule has 2 aromatic rings. The van der Waals surface area contributed by atoms with Gasteiger partial charge in [-0.1, -0.05) is 6.07 Å². The topological polar surface area (TPSA) is 67.2 Å². The molecule has 0 aromatic heterocycles. The maximum atomic E-state index is 13.5. The van der Waals surface area contributed by atoms with Gasteiger partial charge in [0, 0.05) is 11.3 Å². The van der Waals surface area contributed by atoms with E-state index < -0.39 is 29.0 Å². The van der Waals surface area contributed by atoms with Crippen molar-refractivity contribution in [2.75, 3.05) is 10.7 Å². The molecule has 21 heavy (non-hydrogen) atoms. The van der Waals surface area contributed by atoms with Crippen LogP contribution < -0.4 is 16.6 Å². The number of amides is 1. The summed E-state index contributed by atoms with van der Waals surface area (Å²) in [7, 11) is 0. The van der Waals surface area contributed by atoms with E-state index in [0.29, 0.717) is 5.56 Å². The van der Waals surface area contributed by atoms with Gasteiger partial charge in [-0.15, -0.1) is 0 Å². The Morgan fingerprint density at radius 3 is 2.29 bits per heavy atom. The summed E-state index contributed by atoms with van der Waals surface area (Å²) in [5.41, 5.74) is 1.93. The maximum Gasteiger partial charge on any atom is 0.255 e. The van der Waals surface area contributed by atoms with Crippen molar-refractivity contribution in [1.82, 2.24) is 0 Å². The quantitative estimate of drug-likeness (QED) is 0.602. The number of nitrogen functional groups attached to an aromatic ring is 1. The summed E-state index contributed by atoms with van der Waals surface area (Å²) in [6.07, 6.45) is 0.